The first-order valence-electron chi connectivity index (χ1n) is 8.85. The molecule has 1 aromatic carbocycles. The number of rotatable bonds is 6. The number of hydrogen-bond acceptors (Lipinski definition) is 6. The molecule has 0 aliphatic rings. The maximum Gasteiger partial charge on any atom is 0.490 e. The van der Waals surface area contributed by atoms with Crippen molar-refractivity contribution in [1.82, 2.24) is 9.97 Å². The molecular weight excluding hydrogens is 417 g/mol. The van der Waals surface area contributed by atoms with Crippen molar-refractivity contribution < 1.29 is 33.0 Å². The number of nitriles is 1. The third-order valence-electron chi connectivity index (χ3n) is 3.91. The van der Waals surface area contributed by atoms with Crippen LogP contribution in [0.3, 0.4) is 0 Å². The van der Waals surface area contributed by atoms with Crippen LogP contribution < -0.4 is 5.32 Å². The molecule has 0 atom stereocenters. The Kier molecular flexibility index (Phi) is 8.49. The maximum absolute atomic E-state index is 11.2. The van der Waals surface area contributed by atoms with E-state index < -0.39 is 23.5 Å². The Balaban J connectivity index is 0.000000592. The van der Waals surface area contributed by atoms with Gasteiger partial charge in [-0.15, -0.1) is 0 Å². The minimum atomic E-state index is -5.08. The first-order chi connectivity index (χ1) is 14.2. The van der Waals surface area contributed by atoms with Crippen LogP contribution in [-0.2, 0) is 22.6 Å². The molecule has 1 aromatic heterocycles. The van der Waals surface area contributed by atoms with Gasteiger partial charge in [-0.05, 0) is 44.4 Å². The van der Waals surface area contributed by atoms with Gasteiger partial charge < -0.3 is 15.5 Å². The van der Waals surface area contributed by atoms with Gasteiger partial charge in [0.05, 0.1) is 5.41 Å². The number of benzene rings is 1. The molecule has 0 amide bonds. The largest absolute Gasteiger partial charge is 0.490 e. The van der Waals surface area contributed by atoms with Gasteiger partial charge >= 0.3 is 18.1 Å². The van der Waals surface area contributed by atoms with Crippen molar-refractivity contribution in [2.24, 2.45) is 5.41 Å². The van der Waals surface area contributed by atoms with Crippen LogP contribution in [0.25, 0.3) is 0 Å². The van der Waals surface area contributed by atoms with E-state index in [1.165, 1.54) is 0 Å². The van der Waals surface area contributed by atoms with E-state index >= 15 is 0 Å². The predicted molar refractivity (Wildman–Crippen MR) is 104 cm³/mol. The number of halogens is 3. The minimum Gasteiger partial charge on any atom is -0.481 e. The van der Waals surface area contributed by atoms with E-state index in [0.717, 1.165) is 16.8 Å². The molecule has 2 rings (SSSR count). The van der Waals surface area contributed by atoms with Crippen LogP contribution in [0.15, 0.2) is 30.3 Å². The van der Waals surface area contributed by atoms with Crippen LogP contribution in [0.2, 0.25) is 0 Å². The average molecular weight is 438 g/mol. The van der Waals surface area contributed by atoms with Gasteiger partial charge in [-0.2, -0.15) is 18.4 Å². The number of nitrogens with zero attached hydrogens (tertiary/aromatic N) is 3. The van der Waals surface area contributed by atoms with Crippen molar-refractivity contribution in [3.8, 4) is 6.07 Å². The second kappa shape index (κ2) is 10.4. The van der Waals surface area contributed by atoms with Gasteiger partial charge in [0.25, 0.3) is 0 Å². The first-order valence-corrected chi connectivity index (χ1v) is 8.85. The van der Waals surface area contributed by atoms with Gasteiger partial charge in [0.1, 0.15) is 11.8 Å². The normalized spacial score (nSPS) is 11.0. The molecule has 11 heteroatoms. The van der Waals surface area contributed by atoms with Crippen molar-refractivity contribution in [2.45, 2.75) is 39.9 Å². The molecule has 1 heterocycles. The lowest BCUT2D eigenvalue weighted by Gasteiger charge is -2.19. The van der Waals surface area contributed by atoms with E-state index in [9.17, 15) is 23.1 Å². The number of carboxylic acids is 2. The van der Waals surface area contributed by atoms with Crippen molar-refractivity contribution in [3.63, 3.8) is 0 Å². The van der Waals surface area contributed by atoms with Crippen molar-refractivity contribution in [3.05, 3.63) is 52.8 Å². The Labute approximate surface area is 176 Å². The van der Waals surface area contributed by atoms with Gasteiger partial charge in [-0.25, -0.2) is 14.8 Å². The number of aliphatic carboxylic acids is 2. The van der Waals surface area contributed by atoms with E-state index in [4.69, 9.17) is 15.2 Å². The summed E-state index contributed by atoms with van der Waals surface area (Å²) in [6.07, 6.45) is -4.61. The van der Waals surface area contributed by atoms with Crippen molar-refractivity contribution in [2.75, 3.05) is 5.32 Å². The molecule has 0 unspecified atom stereocenters. The lowest BCUT2D eigenvalue weighted by atomic mass is 9.86. The van der Waals surface area contributed by atoms with Crippen LogP contribution in [0.5, 0.6) is 0 Å². The Morgan fingerprint density at radius 2 is 1.58 bits per heavy atom. The quantitative estimate of drug-likeness (QED) is 0.623. The van der Waals surface area contributed by atoms with E-state index in [2.05, 4.69) is 15.3 Å². The molecule has 2 aromatic rings. The third kappa shape index (κ3) is 8.69. The summed E-state index contributed by atoms with van der Waals surface area (Å²) in [6.45, 7) is 5.77. The summed E-state index contributed by atoms with van der Waals surface area (Å²) in [4.78, 5) is 28.4. The zero-order valence-electron chi connectivity index (χ0n) is 17.0. The Morgan fingerprint density at radius 1 is 1.06 bits per heavy atom. The number of carbonyl (C=O) groups is 2. The zero-order valence-corrected chi connectivity index (χ0v) is 17.0. The average Bonchev–Trinajstić information content (AvgIpc) is 2.66. The van der Waals surface area contributed by atoms with Crippen LogP contribution in [0.1, 0.15) is 36.4 Å². The lowest BCUT2D eigenvalue weighted by Crippen LogP contribution is -2.26. The minimum absolute atomic E-state index is 0.330. The van der Waals surface area contributed by atoms with Gasteiger partial charge in [0.2, 0.25) is 5.95 Å². The molecule has 8 nitrogen and oxygen atoms in total. The van der Waals surface area contributed by atoms with E-state index in [0.29, 0.717) is 24.6 Å². The van der Waals surface area contributed by atoms with Gasteiger partial charge in [-0.3, -0.25) is 4.79 Å². The highest BCUT2D eigenvalue weighted by molar-refractivity contribution is 5.74. The highest BCUT2D eigenvalue weighted by atomic mass is 19.4. The van der Waals surface area contributed by atoms with Crippen LogP contribution >= 0.6 is 0 Å². The van der Waals surface area contributed by atoms with Crippen molar-refractivity contribution >= 4 is 17.9 Å². The summed E-state index contributed by atoms with van der Waals surface area (Å²) in [5.74, 6) is -3.15. The van der Waals surface area contributed by atoms with Gasteiger partial charge in [-0.1, -0.05) is 24.3 Å². The number of aryl methyl sites for hydroxylation is 1. The molecule has 3 N–H and O–H groups in total. The summed E-state index contributed by atoms with van der Waals surface area (Å²) < 4.78 is 31.7. The molecule has 0 spiro atoms. The molecule has 0 aliphatic carbocycles. The fourth-order valence-electron chi connectivity index (χ4n) is 2.25. The fourth-order valence-corrected chi connectivity index (χ4v) is 2.25. The molecule has 0 aliphatic heterocycles. The molecule has 0 saturated carbocycles. The molecule has 0 saturated heterocycles. The number of nitrogens with one attached hydrogen (secondary N) is 1. The number of anilines is 1. The predicted octanol–water partition coefficient (Wildman–Crippen LogP) is 3.56. The van der Waals surface area contributed by atoms with Gasteiger partial charge in [0, 0.05) is 12.2 Å². The topological polar surface area (TPSA) is 136 Å². The second-order valence-corrected chi connectivity index (χ2v) is 7.17. The molecule has 31 heavy (non-hydrogen) atoms. The van der Waals surface area contributed by atoms with E-state index in [1.807, 2.05) is 37.3 Å². The fraction of sp³-hybridized carbons (Fsp3) is 0.350. The first kappa shape index (κ1) is 25.4. The van der Waals surface area contributed by atoms with Crippen LogP contribution in [0.4, 0.5) is 19.1 Å². The molecule has 0 radical (unpaired) electrons. The Morgan fingerprint density at radius 3 is 2.03 bits per heavy atom. The lowest BCUT2D eigenvalue weighted by molar-refractivity contribution is -0.192. The van der Waals surface area contributed by atoms with Crippen molar-refractivity contribution in [1.29, 1.82) is 5.26 Å². The smallest absolute Gasteiger partial charge is 0.481 e. The Hall–Kier alpha value is -3.68. The van der Waals surface area contributed by atoms with Crippen LogP contribution in [0, 0.1) is 23.7 Å². The molecule has 0 fully saturated rings. The molecule has 166 valence electrons. The number of alkyl halides is 3. The second-order valence-electron chi connectivity index (χ2n) is 7.17. The molecular formula is C20H21F3N4O4. The summed E-state index contributed by atoms with van der Waals surface area (Å²) in [7, 11) is 0. The SMILES string of the molecule is Cc1cc(C#N)nc(NCc2ccc(CC(C)(C)C(=O)O)cc2)n1.O=C(O)C(F)(F)F. The Bertz CT molecular complexity index is 968. The monoisotopic (exact) mass is 438 g/mol. The highest BCUT2D eigenvalue weighted by Crippen LogP contribution is 2.22. The summed E-state index contributed by atoms with van der Waals surface area (Å²) in [6, 6.07) is 11.4. The van der Waals surface area contributed by atoms with Crippen LogP contribution in [-0.4, -0.2) is 38.3 Å². The zero-order chi connectivity index (χ0) is 23.8. The highest BCUT2D eigenvalue weighted by Gasteiger charge is 2.38. The summed E-state index contributed by atoms with van der Waals surface area (Å²) in [5.41, 5.74) is 2.27. The molecule has 0 bridgehead atoms. The third-order valence-corrected chi connectivity index (χ3v) is 3.91. The standard InChI is InChI=1S/C18H20N4O2.C2HF3O2/c1-12-8-15(10-19)22-17(21-12)20-11-14-6-4-13(5-7-14)9-18(2,3)16(23)24;3-2(4,5)1(6)7/h4-8H,9,11H2,1-3H3,(H,23,24)(H,20,21,22);(H,6,7). The number of carboxylic acid groups (broad SMARTS) is 2. The summed E-state index contributed by atoms with van der Waals surface area (Å²) in [5, 5.41) is 28.3. The van der Waals surface area contributed by atoms with Gasteiger partial charge in [0.15, 0.2) is 0 Å². The number of hydrogen-bond donors (Lipinski definition) is 3. The number of aromatic nitrogens is 2. The maximum atomic E-state index is 11.2. The summed E-state index contributed by atoms with van der Waals surface area (Å²) >= 11 is 0. The van der Waals surface area contributed by atoms with E-state index in [-0.39, 0.29) is 0 Å². The van der Waals surface area contributed by atoms with E-state index in [1.54, 1.807) is 19.9 Å².